The molecule has 0 heterocycles. The topological polar surface area (TPSA) is 95.1 Å². The summed E-state index contributed by atoms with van der Waals surface area (Å²) in [6, 6.07) is 21.8. The van der Waals surface area contributed by atoms with Crippen LogP contribution in [0.25, 0.3) is 0 Å². The highest BCUT2D eigenvalue weighted by molar-refractivity contribution is 5.97. The van der Waals surface area contributed by atoms with Crippen LogP contribution in [0.2, 0.25) is 0 Å². The molecule has 3 aromatic rings. The summed E-state index contributed by atoms with van der Waals surface area (Å²) in [4.78, 5) is 25.3. The van der Waals surface area contributed by atoms with Crippen LogP contribution < -0.4 is 29.6 Å². The molecule has 0 fully saturated rings. The lowest BCUT2D eigenvalue weighted by atomic mass is 10.1. The van der Waals surface area contributed by atoms with Gasteiger partial charge in [0, 0.05) is 6.54 Å². The number of carbonyl (C=O) groups excluding carboxylic acids is 2. The van der Waals surface area contributed by atoms with Crippen LogP contribution in [0.4, 0.5) is 0 Å². The van der Waals surface area contributed by atoms with E-state index >= 15 is 0 Å². The fourth-order valence-electron chi connectivity index (χ4n) is 3.46. The summed E-state index contributed by atoms with van der Waals surface area (Å²) in [6.45, 7) is 2.73. The summed E-state index contributed by atoms with van der Waals surface area (Å²) in [5.74, 6) is 1.78. The molecule has 190 valence electrons. The number of ether oxygens (including phenoxy) is 4. The Morgan fingerprint density at radius 3 is 2.28 bits per heavy atom. The minimum absolute atomic E-state index is 0.276. The molecule has 0 aromatic heterocycles. The molecule has 0 unspecified atom stereocenters. The van der Waals surface area contributed by atoms with Gasteiger partial charge >= 0.3 is 0 Å². The molecule has 0 aliphatic heterocycles. The maximum absolute atomic E-state index is 12.7. The summed E-state index contributed by atoms with van der Waals surface area (Å²) in [7, 11) is 3.17. The Labute approximate surface area is 211 Å². The van der Waals surface area contributed by atoms with E-state index in [-0.39, 0.29) is 11.8 Å². The molecule has 0 saturated carbocycles. The van der Waals surface area contributed by atoms with Crippen molar-refractivity contribution in [2.24, 2.45) is 0 Å². The average molecular weight is 493 g/mol. The van der Waals surface area contributed by atoms with E-state index in [1.165, 1.54) is 0 Å². The molecule has 0 bridgehead atoms. The van der Waals surface area contributed by atoms with Crippen LogP contribution >= 0.6 is 0 Å². The molecule has 0 saturated heterocycles. The molecule has 2 N–H and O–H groups in total. The second kappa shape index (κ2) is 13.6. The third kappa shape index (κ3) is 7.66. The van der Waals surface area contributed by atoms with Crippen molar-refractivity contribution in [2.75, 3.05) is 33.9 Å². The molecular weight excluding hydrogens is 460 g/mol. The van der Waals surface area contributed by atoms with Gasteiger partial charge in [0.1, 0.15) is 18.1 Å². The summed E-state index contributed by atoms with van der Waals surface area (Å²) < 4.78 is 22.0. The van der Waals surface area contributed by atoms with Crippen LogP contribution in [-0.4, -0.2) is 51.8 Å². The Balaban J connectivity index is 1.47. The lowest BCUT2D eigenvalue weighted by Gasteiger charge is -2.17. The first-order valence-electron chi connectivity index (χ1n) is 11.7. The molecule has 0 aliphatic rings. The summed E-state index contributed by atoms with van der Waals surface area (Å²) in [6.07, 6.45) is -0.172. The van der Waals surface area contributed by atoms with Crippen LogP contribution in [0.15, 0.2) is 72.8 Å². The van der Waals surface area contributed by atoms with Crippen molar-refractivity contribution in [3.8, 4) is 23.0 Å². The number of nitrogens with one attached hydrogen (secondary N) is 2. The van der Waals surface area contributed by atoms with E-state index in [2.05, 4.69) is 10.6 Å². The summed E-state index contributed by atoms with van der Waals surface area (Å²) in [5.41, 5.74) is 1.35. The summed E-state index contributed by atoms with van der Waals surface area (Å²) in [5, 5.41) is 5.69. The van der Waals surface area contributed by atoms with Crippen molar-refractivity contribution in [1.82, 2.24) is 10.6 Å². The fourth-order valence-corrected chi connectivity index (χ4v) is 3.46. The highest BCUT2D eigenvalue weighted by Gasteiger charge is 2.18. The van der Waals surface area contributed by atoms with Gasteiger partial charge in [-0.3, -0.25) is 9.59 Å². The van der Waals surface area contributed by atoms with Crippen molar-refractivity contribution >= 4 is 11.8 Å². The quantitative estimate of drug-likeness (QED) is 0.354. The maximum atomic E-state index is 12.7. The Morgan fingerprint density at radius 2 is 1.53 bits per heavy atom. The predicted molar refractivity (Wildman–Crippen MR) is 137 cm³/mol. The second-order valence-corrected chi connectivity index (χ2v) is 7.90. The van der Waals surface area contributed by atoms with Crippen molar-refractivity contribution in [1.29, 1.82) is 0 Å². The van der Waals surface area contributed by atoms with Crippen LogP contribution in [-0.2, 0) is 11.2 Å². The SMILES string of the molecule is COc1ccc(CCNC(=O)[C@H](C)Oc2ccccc2C(=O)NCCOc2ccccc2)cc1OC. The zero-order valence-corrected chi connectivity index (χ0v) is 20.8. The van der Waals surface area contributed by atoms with Gasteiger partial charge in [-0.25, -0.2) is 0 Å². The fraction of sp³-hybridized carbons (Fsp3) is 0.286. The van der Waals surface area contributed by atoms with E-state index in [0.717, 1.165) is 11.3 Å². The molecule has 8 heteroatoms. The predicted octanol–water partition coefficient (Wildman–Crippen LogP) is 3.64. The number of methoxy groups -OCH3 is 2. The van der Waals surface area contributed by atoms with E-state index in [1.54, 1.807) is 45.4 Å². The van der Waals surface area contributed by atoms with Gasteiger partial charge < -0.3 is 29.6 Å². The van der Waals surface area contributed by atoms with Gasteiger partial charge in [-0.2, -0.15) is 0 Å². The summed E-state index contributed by atoms with van der Waals surface area (Å²) >= 11 is 0. The highest BCUT2D eigenvalue weighted by Crippen LogP contribution is 2.27. The van der Waals surface area contributed by atoms with Crippen molar-refractivity contribution in [3.05, 3.63) is 83.9 Å². The number of para-hydroxylation sites is 2. The first kappa shape index (κ1) is 26.4. The highest BCUT2D eigenvalue weighted by atomic mass is 16.5. The standard InChI is InChI=1S/C28H32N2O6/c1-20(27(31)29-16-15-21-13-14-25(33-2)26(19-21)34-3)36-24-12-8-7-11-23(24)28(32)30-17-18-35-22-9-5-4-6-10-22/h4-14,19-20H,15-18H2,1-3H3,(H,29,31)(H,30,32)/t20-/m0/s1. The molecule has 1 atom stereocenters. The first-order valence-corrected chi connectivity index (χ1v) is 11.7. The van der Waals surface area contributed by atoms with E-state index in [0.29, 0.717) is 48.9 Å². The molecule has 0 spiro atoms. The van der Waals surface area contributed by atoms with Gasteiger partial charge in [0.2, 0.25) is 0 Å². The largest absolute Gasteiger partial charge is 0.493 e. The van der Waals surface area contributed by atoms with Gasteiger partial charge in [0.15, 0.2) is 17.6 Å². The van der Waals surface area contributed by atoms with Crippen LogP contribution in [0, 0.1) is 0 Å². The van der Waals surface area contributed by atoms with Crippen molar-refractivity contribution < 1.29 is 28.5 Å². The van der Waals surface area contributed by atoms with Crippen LogP contribution in [0.1, 0.15) is 22.8 Å². The minimum Gasteiger partial charge on any atom is -0.493 e. The molecule has 8 nitrogen and oxygen atoms in total. The van der Waals surface area contributed by atoms with E-state index in [4.69, 9.17) is 18.9 Å². The number of hydrogen-bond acceptors (Lipinski definition) is 6. The third-order valence-corrected chi connectivity index (χ3v) is 5.37. The van der Waals surface area contributed by atoms with Gasteiger partial charge in [-0.15, -0.1) is 0 Å². The molecule has 0 radical (unpaired) electrons. The van der Waals surface area contributed by atoms with Crippen LogP contribution in [0.5, 0.6) is 23.0 Å². The number of benzene rings is 3. The van der Waals surface area contributed by atoms with Gasteiger partial charge in [0.25, 0.3) is 11.8 Å². The lowest BCUT2D eigenvalue weighted by molar-refractivity contribution is -0.127. The minimum atomic E-state index is -0.786. The Morgan fingerprint density at radius 1 is 0.806 bits per heavy atom. The molecule has 3 aromatic carbocycles. The smallest absolute Gasteiger partial charge is 0.260 e. The number of carbonyl (C=O) groups is 2. The first-order chi connectivity index (χ1) is 17.5. The monoisotopic (exact) mass is 492 g/mol. The average Bonchev–Trinajstić information content (AvgIpc) is 2.91. The zero-order chi connectivity index (χ0) is 25.8. The zero-order valence-electron chi connectivity index (χ0n) is 20.8. The molecular formula is C28H32N2O6. The molecule has 0 aliphatic carbocycles. The lowest BCUT2D eigenvalue weighted by Crippen LogP contribution is -2.38. The van der Waals surface area contributed by atoms with E-state index in [9.17, 15) is 9.59 Å². The van der Waals surface area contributed by atoms with Crippen LogP contribution in [0.3, 0.4) is 0 Å². The third-order valence-electron chi connectivity index (χ3n) is 5.37. The van der Waals surface area contributed by atoms with E-state index < -0.39 is 6.10 Å². The Bertz CT molecular complexity index is 1140. The maximum Gasteiger partial charge on any atom is 0.260 e. The second-order valence-electron chi connectivity index (χ2n) is 7.90. The molecule has 3 rings (SSSR count). The number of hydrogen-bond donors (Lipinski definition) is 2. The van der Waals surface area contributed by atoms with Crippen molar-refractivity contribution in [3.63, 3.8) is 0 Å². The normalized spacial score (nSPS) is 11.2. The number of rotatable bonds is 13. The number of amides is 2. The molecule has 36 heavy (non-hydrogen) atoms. The van der Waals surface area contributed by atoms with Gasteiger partial charge in [-0.1, -0.05) is 36.4 Å². The van der Waals surface area contributed by atoms with Crippen molar-refractivity contribution in [2.45, 2.75) is 19.4 Å². The van der Waals surface area contributed by atoms with Gasteiger partial charge in [-0.05, 0) is 55.3 Å². The Hall–Kier alpha value is -4.20. The van der Waals surface area contributed by atoms with E-state index in [1.807, 2.05) is 48.5 Å². The van der Waals surface area contributed by atoms with Gasteiger partial charge in [0.05, 0.1) is 26.3 Å². The molecule has 2 amide bonds. The Kier molecular flexibility index (Phi) is 10.00.